The molecule has 1 aromatic rings. The third kappa shape index (κ3) is 2.36. The summed E-state index contributed by atoms with van der Waals surface area (Å²) in [7, 11) is 0. The van der Waals surface area contributed by atoms with Crippen LogP contribution in [0.5, 0.6) is 0 Å². The molecule has 0 aliphatic heterocycles. The van der Waals surface area contributed by atoms with E-state index < -0.39 is 17.5 Å². The van der Waals surface area contributed by atoms with Crippen molar-refractivity contribution in [3.63, 3.8) is 0 Å². The van der Waals surface area contributed by atoms with Crippen LogP contribution in [-0.2, 0) is 15.2 Å². The summed E-state index contributed by atoms with van der Waals surface area (Å²) < 4.78 is 0. The molecule has 0 spiro atoms. The molecule has 0 bridgehead atoms. The van der Waals surface area contributed by atoms with Gasteiger partial charge < -0.3 is 15.1 Å². The Labute approximate surface area is 106 Å². The number of aliphatic carboxylic acids is 1. The number of aliphatic hydroxyl groups is 1. The highest BCUT2D eigenvalue weighted by Crippen LogP contribution is 2.24. The van der Waals surface area contributed by atoms with Crippen molar-refractivity contribution in [2.45, 2.75) is 19.4 Å². The van der Waals surface area contributed by atoms with E-state index in [4.69, 9.17) is 0 Å². The van der Waals surface area contributed by atoms with Gasteiger partial charge in [-0.1, -0.05) is 30.3 Å². The molecule has 2 N–H and O–H groups in total. The van der Waals surface area contributed by atoms with Crippen LogP contribution in [0.25, 0.3) is 0 Å². The van der Waals surface area contributed by atoms with Crippen molar-refractivity contribution in [2.24, 2.45) is 0 Å². The summed E-state index contributed by atoms with van der Waals surface area (Å²) in [5.41, 5.74) is -2.46. The van der Waals surface area contributed by atoms with E-state index in [9.17, 15) is 19.8 Å². The Kier molecular flexibility index (Phi) is 4.44. The Morgan fingerprint density at radius 1 is 1.17 bits per heavy atom. The lowest BCUT2D eigenvalue weighted by Crippen LogP contribution is -2.51. The van der Waals surface area contributed by atoms with Crippen LogP contribution in [0.15, 0.2) is 30.3 Å². The molecule has 1 atom stereocenters. The Morgan fingerprint density at radius 3 is 2.06 bits per heavy atom. The van der Waals surface area contributed by atoms with Crippen molar-refractivity contribution in [3.05, 3.63) is 35.9 Å². The van der Waals surface area contributed by atoms with Gasteiger partial charge >= 0.3 is 5.97 Å². The maximum absolute atomic E-state index is 12.2. The molecule has 1 unspecified atom stereocenters. The predicted molar refractivity (Wildman–Crippen MR) is 65.9 cm³/mol. The number of nitrogens with zero attached hydrogens (tertiary/aromatic N) is 1. The second kappa shape index (κ2) is 5.64. The van der Waals surface area contributed by atoms with Crippen LogP contribution in [0, 0.1) is 0 Å². The van der Waals surface area contributed by atoms with Crippen LogP contribution >= 0.6 is 0 Å². The van der Waals surface area contributed by atoms with Gasteiger partial charge in [-0.05, 0) is 13.8 Å². The maximum Gasteiger partial charge on any atom is 0.350 e. The van der Waals surface area contributed by atoms with Gasteiger partial charge in [0.05, 0.1) is 0 Å². The van der Waals surface area contributed by atoms with Crippen LogP contribution in [0.3, 0.4) is 0 Å². The van der Waals surface area contributed by atoms with Gasteiger partial charge in [-0.2, -0.15) is 0 Å². The molecule has 0 saturated carbocycles. The molecular weight excluding hydrogens is 234 g/mol. The zero-order chi connectivity index (χ0) is 13.8. The average Bonchev–Trinajstić information content (AvgIpc) is 2.39. The van der Waals surface area contributed by atoms with Crippen LogP contribution in [0.2, 0.25) is 0 Å². The van der Waals surface area contributed by atoms with Crippen LogP contribution < -0.4 is 0 Å². The van der Waals surface area contributed by atoms with E-state index in [2.05, 4.69) is 0 Å². The number of hydrogen-bond donors (Lipinski definition) is 2. The van der Waals surface area contributed by atoms with Crippen molar-refractivity contribution in [1.82, 2.24) is 4.90 Å². The zero-order valence-corrected chi connectivity index (χ0v) is 10.5. The van der Waals surface area contributed by atoms with E-state index >= 15 is 0 Å². The Bertz CT molecular complexity index is 428. The summed E-state index contributed by atoms with van der Waals surface area (Å²) in [5, 5.41) is 19.5. The van der Waals surface area contributed by atoms with E-state index in [1.807, 2.05) is 0 Å². The minimum absolute atomic E-state index is 0.0643. The Hall–Kier alpha value is -1.88. The van der Waals surface area contributed by atoms with Crippen molar-refractivity contribution < 1.29 is 19.8 Å². The average molecular weight is 251 g/mol. The van der Waals surface area contributed by atoms with Crippen molar-refractivity contribution in [2.75, 3.05) is 13.1 Å². The van der Waals surface area contributed by atoms with E-state index in [0.29, 0.717) is 13.1 Å². The number of amides is 1. The van der Waals surface area contributed by atoms with Crippen LogP contribution in [0.1, 0.15) is 19.4 Å². The summed E-state index contributed by atoms with van der Waals surface area (Å²) in [6.07, 6.45) is 0. The van der Waals surface area contributed by atoms with Gasteiger partial charge in [-0.3, -0.25) is 4.79 Å². The van der Waals surface area contributed by atoms with Gasteiger partial charge in [0.1, 0.15) is 0 Å². The summed E-state index contributed by atoms with van der Waals surface area (Å²) in [5.74, 6) is -2.38. The van der Waals surface area contributed by atoms with E-state index in [0.717, 1.165) is 0 Å². The van der Waals surface area contributed by atoms with Crippen LogP contribution in [-0.4, -0.2) is 40.1 Å². The molecule has 5 heteroatoms. The molecule has 5 nitrogen and oxygen atoms in total. The maximum atomic E-state index is 12.2. The zero-order valence-electron chi connectivity index (χ0n) is 10.5. The van der Waals surface area contributed by atoms with Gasteiger partial charge in [-0.25, -0.2) is 4.79 Å². The summed E-state index contributed by atoms with van der Waals surface area (Å²) in [6, 6.07) is 7.70. The first kappa shape index (κ1) is 14.2. The molecule has 0 saturated heterocycles. The van der Waals surface area contributed by atoms with Gasteiger partial charge in [0.25, 0.3) is 11.5 Å². The smallest absolute Gasteiger partial charge is 0.350 e. The SMILES string of the molecule is CCN(CC)C(=O)C(O)(C(=O)O)c1ccccc1. The molecule has 1 rings (SSSR count). The lowest BCUT2D eigenvalue weighted by Gasteiger charge is -2.29. The largest absolute Gasteiger partial charge is 0.478 e. The van der Waals surface area contributed by atoms with Gasteiger partial charge in [0.15, 0.2) is 0 Å². The number of likely N-dealkylation sites (N-methyl/N-ethyl adjacent to an activating group) is 1. The molecule has 98 valence electrons. The van der Waals surface area contributed by atoms with Gasteiger partial charge in [0.2, 0.25) is 0 Å². The molecular formula is C13H17NO4. The monoisotopic (exact) mass is 251 g/mol. The van der Waals surface area contributed by atoms with Crippen molar-refractivity contribution in [3.8, 4) is 0 Å². The highest BCUT2D eigenvalue weighted by molar-refractivity contribution is 6.05. The number of benzene rings is 1. The third-order valence-corrected chi connectivity index (χ3v) is 2.86. The quantitative estimate of drug-likeness (QED) is 0.760. The van der Waals surface area contributed by atoms with E-state index in [-0.39, 0.29) is 5.56 Å². The number of hydrogen-bond acceptors (Lipinski definition) is 3. The second-order valence-electron chi connectivity index (χ2n) is 3.86. The minimum Gasteiger partial charge on any atom is -0.478 e. The fraction of sp³-hybridized carbons (Fsp3) is 0.385. The summed E-state index contributed by atoms with van der Waals surface area (Å²) in [6.45, 7) is 4.15. The molecule has 0 aliphatic carbocycles. The molecule has 0 fully saturated rings. The molecule has 1 amide bonds. The highest BCUT2D eigenvalue weighted by Gasteiger charge is 2.47. The Morgan fingerprint density at radius 2 is 1.67 bits per heavy atom. The first-order valence-electron chi connectivity index (χ1n) is 5.79. The standard InChI is InChI=1S/C13H17NO4/c1-3-14(4-2)11(15)13(18,12(16)17)10-8-6-5-7-9-10/h5-9,18H,3-4H2,1-2H3,(H,16,17). The van der Waals surface area contributed by atoms with Gasteiger partial charge in [0, 0.05) is 18.7 Å². The number of rotatable bonds is 5. The predicted octanol–water partition coefficient (Wildman–Crippen LogP) is 0.827. The molecule has 0 radical (unpaired) electrons. The number of carbonyl (C=O) groups is 2. The summed E-state index contributed by atoms with van der Waals surface area (Å²) in [4.78, 5) is 24.8. The van der Waals surface area contributed by atoms with Gasteiger partial charge in [-0.15, -0.1) is 0 Å². The minimum atomic E-state index is -2.52. The first-order chi connectivity index (χ1) is 8.48. The van der Waals surface area contributed by atoms with Crippen LogP contribution in [0.4, 0.5) is 0 Å². The van der Waals surface area contributed by atoms with E-state index in [1.165, 1.54) is 17.0 Å². The lowest BCUT2D eigenvalue weighted by molar-refractivity contribution is -0.173. The number of carbonyl (C=O) groups excluding carboxylic acids is 1. The third-order valence-electron chi connectivity index (χ3n) is 2.86. The first-order valence-corrected chi connectivity index (χ1v) is 5.79. The fourth-order valence-corrected chi connectivity index (χ4v) is 1.76. The normalized spacial score (nSPS) is 13.7. The van der Waals surface area contributed by atoms with Crippen molar-refractivity contribution >= 4 is 11.9 Å². The number of carboxylic acid groups (broad SMARTS) is 1. The second-order valence-corrected chi connectivity index (χ2v) is 3.86. The fourth-order valence-electron chi connectivity index (χ4n) is 1.76. The molecule has 0 aromatic heterocycles. The highest BCUT2D eigenvalue weighted by atomic mass is 16.4. The van der Waals surface area contributed by atoms with E-state index in [1.54, 1.807) is 32.0 Å². The molecule has 1 aromatic carbocycles. The Balaban J connectivity index is 3.25. The lowest BCUT2D eigenvalue weighted by atomic mass is 9.92. The molecule has 0 aliphatic rings. The molecule has 18 heavy (non-hydrogen) atoms. The van der Waals surface area contributed by atoms with Crippen molar-refractivity contribution in [1.29, 1.82) is 0 Å². The molecule has 0 heterocycles. The number of carboxylic acids is 1. The topological polar surface area (TPSA) is 77.8 Å². The summed E-state index contributed by atoms with van der Waals surface area (Å²) >= 11 is 0.